The van der Waals surface area contributed by atoms with Crippen LogP contribution in [-0.4, -0.2) is 45.2 Å². The molecule has 1 aromatic carbocycles. The number of hydrogen-bond donors (Lipinski definition) is 1. The molecule has 1 fully saturated rings. The molecule has 1 unspecified atom stereocenters. The third kappa shape index (κ3) is 5.78. The van der Waals surface area contributed by atoms with Crippen molar-refractivity contribution in [2.45, 2.75) is 26.7 Å². The predicted molar refractivity (Wildman–Crippen MR) is 86.7 cm³/mol. The number of rotatable bonds is 8. The molecule has 22 heavy (non-hydrogen) atoms. The van der Waals surface area contributed by atoms with Crippen LogP contribution < -0.4 is 9.64 Å². The molecular weight excluding hydrogens is 278 g/mol. The fourth-order valence-electron chi connectivity index (χ4n) is 2.97. The quantitative estimate of drug-likeness (QED) is 0.586. The van der Waals surface area contributed by atoms with Gasteiger partial charge >= 0.3 is 0 Å². The van der Waals surface area contributed by atoms with E-state index in [9.17, 15) is 4.79 Å². The number of quaternary nitrogens is 1. The molecule has 122 valence electrons. The maximum absolute atomic E-state index is 11.3. The van der Waals surface area contributed by atoms with Crippen molar-refractivity contribution in [3.8, 4) is 5.75 Å². The third-order valence-electron chi connectivity index (χ3n) is 4.20. The number of nitrogens with one attached hydrogen (secondary N) is 1. The Morgan fingerprint density at radius 1 is 1.32 bits per heavy atom. The molecule has 2 atom stereocenters. The number of ketones is 1. The Labute approximate surface area is 133 Å². The number of piperidine rings is 1. The molecule has 1 heterocycles. The number of Topliss-reactive ketones (excluding diaryl/α,β-unsaturated/α-hetero) is 1. The lowest BCUT2D eigenvalue weighted by atomic mass is 10.0. The number of carbonyl (C=O) groups is 1. The molecule has 1 saturated heterocycles. The topological polar surface area (TPSA) is 40.0 Å². The van der Waals surface area contributed by atoms with E-state index in [1.807, 2.05) is 12.1 Å². The van der Waals surface area contributed by atoms with Crippen LogP contribution in [0.2, 0.25) is 0 Å². The minimum absolute atomic E-state index is 0.0560. The normalized spacial score (nSPS) is 21.5. The third-order valence-corrected chi connectivity index (χ3v) is 4.20. The first-order chi connectivity index (χ1) is 10.6. The van der Waals surface area contributed by atoms with Gasteiger partial charge in [0.25, 0.3) is 0 Å². The SMILES string of the molecule is CC(=O)c1cccc(OCCOCC[NH+]2CCC[C@H](C)C2)c1. The Morgan fingerprint density at radius 2 is 2.18 bits per heavy atom. The Kier molecular flexibility index (Phi) is 6.87. The van der Waals surface area contributed by atoms with Crippen LogP contribution in [0.1, 0.15) is 37.0 Å². The Balaban J connectivity index is 1.57. The van der Waals surface area contributed by atoms with Gasteiger partial charge in [-0.25, -0.2) is 0 Å². The van der Waals surface area contributed by atoms with Gasteiger partial charge in [0.05, 0.1) is 26.3 Å². The van der Waals surface area contributed by atoms with Crippen molar-refractivity contribution in [2.24, 2.45) is 5.92 Å². The second kappa shape index (κ2) is 8.91. The van der Waals surface area contributed by atoms with E-state index in [-0.39, 0.29) is 5.78 Å². The van der Waals surface area contributed by atoms with Crippen molar-refractivity contribution in [2.75, 3.05) is 39.5 Å². The average molecular weight is 306 g/mol. The lowest BCUT2D eigenvalue weighted by Gasteiger charge is -2.27. The summed E-state index contributed by atoms with van der Waals surface area (Å²) in [6.07, 6.45) is 2.71. The van der Waals surface area contributed by atoms with Crippen LogP contribution in [0.5, 0.6) is 5.75 Å². The molecule has 0 bridgehead atoms. The molecule has 1 N–H and O–H groups in total. The Bertz CT molecular complexity index is 475. The van der Waals surface area contributed by atoms with E-state index in [2.05, 4.69) is 6.92 Å². The van der Waals surface area contributed by atoms with E-state index in [1.165, 1.54) is 25.9 Å². The van der Waals surface area contributed by atoms with Gasteiger partial charge < -0.3 is 14.4 Å². The molecule has 4 nitrogen and oxygen atoms in total. The van der Waals surface area contributed by atoms with Gasteiger partial charge in [0.1, 0.15) is 18.9 Å². The predicted octanol–water partition coefficient (Wildman–Crippen LogP) is 1.60. The minimum atomic E-state index is 0.0560. The molecule has 0 aliphatic carbocycles. The highest BCUT2D eigenvalue weighted by molar-refractivity contribution is 5.94. The maximum atomic E-state index is 11.3. The number of benzene rings is 1. The van der Waals surface area contributed by atoms with Crippen molar-refractivity contribution in [1.29, 1.82) is 0 Å². The number of likely N-dealkylation sites (tertiary alicyclic amines) is 1. The lowest BCUT2D eigenvalue weighted by Crippen LogP contribution is -3.14. The van der Waals surface area contributed by atoms with Crippen LogP contribution in [0.3, 0.4) is 0 Å². The average Bonchev–Trinajstić information content (AvgIpc) is 2.51. The summed E-state index contributed by atoms with van der Waals surface area (Å²) < 4.78 is 11.3. The molecule has 1 aliphatic rings. The van der Waals surface area contributed by atoms with E-state index in [1.54, 1.807) is 24.0 Å². The minimum Gasteiger partial charge on any atom is -0.491 e. The maximum Gasteiger partial charge on any atom is 0.159 e. The number of carbonyl (C=O) groups excluding carboxylic acids is 1. The zero-order valence-electron chi connectivity index (χ0n) is 13.8. The van der Waals surface area contributed by atoms with E-state index in [0.29, 0.717) is 18.8 Å². The van der Waals surface area contributed by atoms with Crippen LogP contribution in [-0.2, 0) is 4.74 Å². The van der Waals surface area contributed by atoms with Crippen molar-refractivity contribution >= 4 is 5.78 Å². The van der Waals surface area contributed by atoms with Crippen LogP contribution in [0.4, 0.5) is 0 Å². The molecule has 0 spiro atoms. The number of hydrogen-bond acceptors (Lipinski definition) is 3. The first kappa shape index (κ1) is 17.0. The molecule has 0 saturated carbocycles. The van der Waals surface area contributed by atoms with Crippen LogP contribution in [0, 0.1) is 5.92 Å². The van der Waals surface area contributed by atoms with Gasteiger partial charge in [-0.3, -0.25) is 4.79 Å². The first-order valence-corrected chi connectivity index (χ1v) is 8.30. The van der Waals surface area contributed by atoms with Gasteiger partial charge in [-0.1, -0.05) is 19.1 Å². The van der Waals surface area contributed by atoms with Gasteiger partial charge in [0.2, 0.25) is 0 Å². The molecule has 4 heteroatoms. The van der Waals surface area contributed by atoms with Crippen LogP contribution >= 0.6 is 0 Å². The van der Waals surface area contributed by atoms with Crippen molar-refractivity contribution in [3.05, 3.63) is 29.8 Å². The lowest BCUT2D eigenvalue weighted by molar-refractivity contribution is -0.908. The summed E-state index contributed by atoms with van der Waals surface area (Å²) in [5, 5.41) is 0. The molecule has 2 rings (SSSR count). The summed E-state index contributed by atoms with van der Waals surface area (Å²) in [7, 11) is 0. The van der Waals surface area contributed by atoms with Gasteiger partial charge in [0, 0.05) is 11.5 Å². The van der Waals surface area contributed by atoms with E-state index in [4.69, 9.17) is 9.47 Å². The van der Waals surface area contributed by atoms with E-state index in [0.717, 1.165) is 24.8 Å². The highest BCUT2D eigenvalue weighted by Gasteiger charge is 2.18. The fourth-order valence-corrected chi connectivity index (χ4v) is 2.97. The Hall–Kier alpha value is -1.39. The van der Waals surface area contributed by atoms with Crippen molar-refractivity contribution in [3.63, 3.8) is 0 Å². The zero-order valence-corrected chi connectivity index (χ0v) is 13.8. The summed E-state index contributed by atoms with van der Waals surface area (Å²) in [5.41, 5.74) is 0.682. The summed E-state index contributed by atoms with van der Waals surface area (Å²) in [6, 6.07) is 7.29. The Morgan fingerprint density at radius 3 is 2.95 bits per heavy atom. The molecule has 0 aromatic heterocycles. The molecule has 0 amide bonds. The first-order valence-electron chi connectivity index (χ1n) is 8.30. The fraction of sp³-hybridized carbons (Fsp3) is 0.611. The highest BCUT2D eigenvalue weighted by Crippen LogP contribution is 2.13. The second-order valence-electron chi connectivity index (χ2n) is 6.25. The molecule has 0 radical (unpaired) electrons. The monoisotopic (exact) mass is 306 g/mol. The van der Waals surface area contributed by atoms with Crippen LogP contribution in [0.25, 0.3) is 0 Å². The summed E-state index contributed by atoms with van der Waals surface area (Å²) in [4.78, 5) is 13.0. The number of ether oxygens (including phenoxy) is 2. The second-order valence-corrected chi connectivity index (χ2v) is 6.25. The van der Waals surface area contributed by atoms with Gasteiger partial charge in [-0.15, -0.1) is 0 Å². The van der Waals surface area contributed by atoms with Gasteiger partial charge in [-0.2, -0.15) is 0 Å². The summed E-state index contributed by atoms with van der Waals surface area (Å²) in [6.45, 7) is 9.44. The molecule has 1 aromatic rings. The van der Waals surface area contributed by atoms with Gasteiger partial charge in [0.15, 0.2) is 5.78 Å². The van der Waals surface area contributed by atoms with Gasteiger partial charge in [-0.05, 0) is 31.9 Å². The van der Waals surface area contributed by atoms with E-state index >= 15 is 0 Å². The summed E-state index contributed by atoms with van der Waals surface area (Å²) in [5.74, 6) is 1.63. The van der Waals surface area contributed by atoms with E-state index < -0.39 is 0 Å². The standard InChI is InChI=1S/C18H27NO3/c1-15-5-4-8-19(14-15)9-10-21-11-12-22-18-7-3-6-17(13-18)16(2)20/h3,6-7,13,15H,4-5,8-12,14H2,1-2H3/p+1/t15-/m0/s1. The molecule has 1 aliphatic heterocycles. The summed E-state index contributed by atoms with van der Waals surface area (Å²) >= 11 is 0. The highest BCUT2D eigenvalue weighted by atomic mass is 16.5. The largest absolute Gasteiger partial charge is 0.491 e. The zero-order chi connectivity index (χ0) is 15.8. The van der Waals surface area contributed by atoms with Crippen molar-refractivity contribution in [1.82, 2.24) is 0 Å². The smallest absolute Gasteiger partial charge is 0.159 e. The van der Waals surface area contributed by atoms with Crippen LogP contribution in [0.15, 0.2) is 24.3 Å². The van der Waals surface area contributed by atoms with Crippen molar-refractivity contribution < 1.29 is 19.2 Å². The molecular formula is C18H28NO3+.